The van der Waals surface area contributed by atoms with Gasteiger partial charge in [0.25, 0.3) is 5.91 Å². The third-order valence-electron chi connectivity index (χ3n) is 7.46. The van der Waals surface area contributed by atoms with Crippen LogP contribution < -0.4 is 11.0 Å². The molecule has 11 heteroatoms. The van der Waals surface area contributed by atoms with Crippen molar-refractivity contribution in [2.45, 2.75) is 52.4 Å². The lowest BCUT2D eigenvalue weighted by Crippen LogP contribution is -2.42. The van der Waals surface area contributed by atoms with Crippen LogP contribution in [0, 0.1) is 5.92 Å². The van der Waals surface area contributed by atoms with E-state index in [0.29, 0.717) is 22.5 Å². The van der Waals surface area contributed by atoms with Gasteiger partial charge in [-0.25, -0.2) is 14.6 Å². The highest BCUT2D eigenvalue weighted by molar-refractivity contribution is 5.98. The van der Waals surface area contributed by atoms with Crippen molar-refractivity contribution in [1.82, 2.24) is 24.0 Å². The van der Waals surface area contributed by atoms with Crippen molar-refractivity contribution in [3.63, 3.8) is 0 Å². The van der Waals surface area contributed by atoms with E-state index in [1.807, 2.05) is 48.5 Å². The van der Waals surface area contributed by atoms with Gasteiger partial charge in [0.1, 0.15) is 11.9 Å². The van der Waals surface area contributed by atoms with E-state index in [1.165, 1.54) is 6.07 Å². The van der Waals surface area contributed by atoms with Crippen molar-refractivity contribution in [3.05, 3.63) is 100 Å². The molecule has 11 nitrogen and oxygen atoms in total. The molecule has 0 unspecified atom stereocenters. The number of rotatable bonds is 12. The summed E-state index contributed by atoms with van der Waals surface area (Å²) in [5.41, 5.74) is 3.60. The number of imidazole rings is 2. The van der Waals surface area contributed by atoms with E-state index >= 15 is 0 Å². The zero-order chi connectivity index (χ0) is 30.7. The summed E-state index contributed by atoms with van der Waals surface area (Å²) in [4.78, 5) is 54.6. The first-order chi connectivity index (χ1) is 20.6. The Morgan fingerprint density at radius 2 is 1.42 bits per heavy atom. The van der Waals surface area contributed by atoms with Gasteiger partial charge in [-0.1, -0.05) is 56.3 Å². The molecule has 3 N–H and O–H groups in total. The molecule has 1 atom stereocenters. The minimum atomic E-state index is -1.60. The molecule has 43 heavy (non-hydrogen) atoms. The second-order valence-electron chi connectivity index (χ2n) is 10.9. The Hall–Kier alpha value is -5.19. The Balaban J connectivity index is 1.52. The lowest BCUT2D eigenvalue weighted by Gasteiger charge is -2.15. The van der Waals surface area contributed by atoms with E-state index in [-0.39, 0.29) is 24.3 Å². The van der Waals surface area contributed by atoms with Crippen molar-refractivity contribution in [2.24, 2.45) is 5.92 Å². The van der Waals surface area contributed by atoms with Gasteiger partial charge in [-0.2, -0.15) is 0 Å². The first-order valence-electron chi connectivity index (χ1n) is 14.1. The number of amides is 1. The third-order valence-corrected chi connectivity index (χ3v) is 7.46. The van der Waals surface area contributed by atoms with Crippen molar-refractivity contribution < 1.29 is 24.6 Å². The van der Waals surface area contributed by atoms with Gasteiger partial charge in [0.05, 0.1) is 41.6 Å². The number of benzene rings is 3. The number of para-hydroxylation sites is 4. The van der Waals surface area contributed by atoms with Crippen LogP contribution in [0.25, 0.3) is 22.1 Å². The molecule has 0 aliphatic carbocycles. The van der Waals surface area contributed by atoms with Gasteiger partial charge in [-0.15, -0.1) is 0 Å². The van der Waals surface area contributed by atoms with Crippen molar-refractivity contribution >= 4 is 39.9 Å². The first kappa shape index (κ1) is 29.3. The molecule has 2 aromatic heterocycles. The number of nitrogens with one attached hydrogen (secondary N) is 1. The minimum absolute atomic E-state index is 0.0381. The highest BCUT2D eigenvalue weighted by atomic mass is 16.4. The van der Waals surface area contributed by atoms with E-state index < -0.39 is 30.3 Å². The summed E-state index contributed by atoms with van der Waals surface area (Å²) in [6.07, 6.45) is 0.191. The van der Waals surface area contributed by atoms with Crippen molar-refractivity contribution in [2.75, 3.05) is 0 Å². The molecule has 0 saturated heterocycles. The molecule has 222 valence electrons. The summed E-state index contributed by atoms with van der Waals surface area (Å²) in [7, 11) is 0. The number of hydrogen-bond donors (Lipinski definition) is 3. The van der Waals surface area contributed by atoms with Crippen molar-refractivity contribution in [1.29, 1.82) is 0 Å². The fraction of sp³-hybridized carbons (Fsp3) is 0.281. The standard InChI is InChI=1S/C32H33N5O6/c1-20(2)15-16-35-25-12-6-5-11-23(25)33-28(35)19-37-27-14-8-7-13-26(27)36(32(37)43)18-21-9-3-4-10-22(21)30(40)34-24(31(41)42)17-29(38)39/h3-14,20,24H,15-19H2,1-2H3,(H,34,40)(H,38,39)(H,41,42)/t24-/m0/s1. The maximum absolute atomic E-state index is 14.0. The molecule has 0 saturated carbocycles. The molecule has 1 amide bonds. The van der Waals surface area contributed by atoms with Crippen LogP contribution in [0.5, 0.6) is 0 Å². The quantitative estimate of drug-likeness (QED) is 0.201. The SMILES string of the molecule is CC(C)CCn1c(Cn2c(=O)n(Cc3ccccc3C(=O)N[C@@H](CC(=O)O)C(=O)O)c3ccccc32)nc2ccccc21. The number of aliphatic carboxylic acids is 2. The highest BCUT2D eigenvalue weighted by Gasteiger charge is 2.25. The minimum Gasteiger partial charge on any atom is -0.481 e. The molecular weight excluding hydrogens is 550 g/mol. The predicted octanol–water partition coefficient (Wildman–Crippen LogP) is 3.95. The van der Waals surface area contributed by atoms with Gasteiger partial charge < -0.3 is 20.1 Å². The average molecular weight is 584 g/mol. The van der Waals surface area contributed by atoms with Crippen LogP contribution in [0.4, 0.5) is 0 Å². The maximum atomic E-state index is 14.0. The molecule has 3 aromatic carbocycles. The Kier molecular flexibility index (Phi) is 8.42. The van der Waals surface area contributed by atoms with Crippen LogP contribution in [-0.2, 0) is 29.2 Å². The second kappa shape index (κ2) is 12.4. The second-order valence-corrected chi connectivity index (χ2v) is 10.9. The van der Waals surface area contributed by atoms with Gasteiger partial charge in [-0.05, 0) is 48.2 Å². The van der Waals surface area contributed by atoms with Crippen LogP contribution in [0.2, 0.25) is 0 Å². The summed E-state index contributed by atoms with van der Waals surface area (Å²) in [5.74, 6) is -2.28. The molecule has 0 bridgehead atoms. The topological polar surface area (TPSA) is 148 Å². The van der Waals surface area contributed by atoms with Gasteiger partial charge in [-0.3, -0.25) is 18.7 Å². The van der Waals surface area contributed by atoms with Crippen LogP contribution in [-0.4, -0.2) is 52.8 Å². The molecular formula is C32H33N5O6. The summed E-state index contributed by atoms with van der Waals surface area (Å²) < 4.78 is 5.43. The molecule has 5 aromatic rings. The van der Waals surface area contributed by atoms with Crippen LogP contribution in [0.1, 0.15) is 48.4 Å². The lowest BCUT2D eigenvalue weighted by molar-refractivity contribution is -0.145. The molecule has 5 rings (SSSR count). The zero-order valence-corrected chi connectivity index (χ0v) is 23.9. The average Bonchev–Trinajstić information content (AvgIpc) is 3.46. The summed E-state index contributed by atoms with van der Waals surface area (Å²) in [6, 6.07) is 20.3. The van der Waals surface area contributed by atoms with Gasteiger partial charge in [0.15, 0.2) is 0 Å². The number of nitrogens with zero attached hydrogens (tertiary/aromatic N) is 4. The summed E-state index contributed by atoms with van der Waals surface area (Å²) in [6.45, 7) is 5.39. The Labute approximate surface area is 247 Å². The number of carboxylic acids is 2. The normalized spacial score (nSPS) is 12.2. The molecule has 0 aliphatic rings. The van der Waals surface area contributed by atoms with E-state index in [0.717, 1.165) is 29.8 Å². The molecule has 0 spiro atoms. The number of carboxylic acid groups (broad SMARTS) is 2. The van der Waals surface area contributed by atoms with E-state index in [2.05, 4.69) is 23.7 Å². The van der Waals surface area contributed by atoms with Gasteiger partial charge >= 0.3 is 17.6 Å². The van der Waals surface area contributed by atoms with Gasteiger partial charge in [0.2, 0.25) is 0 Å². The number of aromatic nitrogens is 4. The number of fused-ring (bicyclic) bond motifs is 2. The Morgan fingerprint density at radius 1 is 0.814 bits per heavy atom. The third kappa shape index (κ3) is 6.20. The summed E-state index contributed by atoms with van der Waals surface area (Å²) in [5, 5.41) is 20.7. The fourth-order valence-electron chi connectivity index (χ4n) is 5.26. The van der Waals surface area contributed by atoms with Crippen molar-refractivity contribution in [3.8, 4) is 0 Å². The molecule has 2 heterocycles. The monoisotopic (exact) mass is 583 g/mol. The fourth-order valence-corrected chi connectivity index (χ4v) is 5.26. The molecule has 0 aliphatic heterocycles. The van der Waals surface area contributed by atoms with E-state index in [4.69, 9.17) is 10.1 Å². The van der Waals surface area contributed by atoms with Crippen LogP contribution in [0.3, 0.4) is 0 Å². The lowest BCUT2D eigenvalue weighted by atomic mass is 10.1. The Bertz CT molecular complexity index is 1880. The number of aryl methyl sites for hydroxylation is 1. The summed E-state index contributed by atoms with van der Waals surface area (Å²) >= 11 is 0. The predicted molar refractivity (Wildman–Crippen MR) is 161 cm³/mol. The van der Waals surface area contributed by atoms with E-state index in [9.17, 15) is 24.3 Å². The largest absolute Gasteiger partial charge is 0.481 e. The van der Waals surface area contributed by atoms with Crippen LogP contribution in [0.15, 0.2) is 77.6 Å². The molecule has 0 fully saturated rings. The van der Waals surface area contributed by atoms with Crippen LogP contribution >= 0.6 is 0 Å². The van der Waals surface area contributed by atoms with E-state index in [1.54, 1.807) is 27.3 Å². The smallest absolute Gasteiger partial charge is 0.329 e. The highest BCUT2D eigenvalue weighted by Crippen LogP contribution is 2.22. The van der Waals surface area contributed by atoms with Gasteiger partial charge in [0, 0.05) is 12.1 Å². The first-order valence-corrected chi connectivity index (χ1v) is 14.1. The maximum Gasteiger partial charge on any atom is 0.329 e. The number of carbonyl (C=O) groups is 3. The number of hydrogen-bond acceptors (Lipinski definition) is 5. The Morgan fingerprint density at radius 3 is 2.07 bits per heavy atom. The zero-order valence-electron chi connectivity index (χ0n) is 23.9. The number of carbonyl (C=O) groups excluding carboxylic acids is 1. The molecule has 0 radical (unpaired) electrons.